The van der Waals surface area contributed by atoms with Gasteiger partial charge in [-0.3, -0.25) is 0 Å². The van der Waals surface area contributed by atoms with Crippen molar-refractivity contribution in [2.75, 3.05) is 11.5 Å². The number of benzene rings is 2. The van der Waals surface area contributed by atoms with Crippen LogP contribution >= 0.6 is 0 Å². The van der Waals surface area contributed by atoms with Crippen LogP contribution in [0.2, 0.25) is 0 Å². The van der Waals surface area contributed by atoms with Gasteiger partial charge >= 0.3 is 0 Å². The quantitative estimate of drug-likeness (QED) is 0.707. The van der Waals surface area contributed by atoms with Crippen molar-refractivity contribution in [3.63, 3.8) is 0 Å². The van der Waals surface area contributed by atoms with Crippen molar-refractivity contribution < 1.29 is 0 Å². The van der Waals surface area contributed by atoms with E-state index in [0.717, 1.165) is 31.2 Å². The molecule has 1 heterocycles. The SMILES string of the molecule is Nc1ncc(CCCCc2cccc3ccccc23)c(N)n1. The Labute approximate surface area is 130 Å². The van der Waals surface area contributed by atoms with E-state index in [1.54, 1.807) is 6.20 Å². The first kappa shape index (κ1) is 14.3. The summed E-state index contributed by atoms with van der Waals surface area (Å²) in [6.45, 7) is 0. The fourth-order valence-electron chi connectivity index (χ4n) is 2.77. The minimum atomic E-state index is 0.233. The second-order valence-corrected chi connectivity index (χ2v) is 5.48. The maximum absolute atomic E-state index is 5.86. The number of rotatable bonds is 5. The molecule has 3 rings (SSSR count). The average molecular weight is 292 g/mol. The van der Waals surface area contributed by atoms with Gasteiger partial charge in [-0.15, -0.1) is 0 Å². The van der Waals surface area contributed by atoms with Gasteiger partial charge in [0.15, 0.2) is 0 Å². The van der Waals surface area contributed by atoms with Gasteiger partial charge in [0, 0.05) is 11.8 Å². The highest BCUT2D eigenvalue weighted by molar-refractivity contribution is 5.85. The molecule has 0 spiro atoms. The van der Waals surface area contributed by atoms with Gasteiger partial charge in [-0.05, 0) is 42.0 Å². The molecule has 0 saturated heterocycles. The Bertz CT molecular complexity index is 778. The minimum Gasteiger partial charge on any atom is -0.383 e. The topological polar surface area (TPSA) is 77.8 Å². The van der Waals surface area contributed by atoms with E-state index in [1.165, 1.54) is 16.3 Å². The summed E-state index contributed by atoms with van der Waals surface area (Å²) in [6.07, 6.45) is 5.85. The third-order valence-corrected chi connectivity index (χ3v) is 3.94. The summed E-state index contributed by atoms with van der Waals surface area (Å²) in [4.78, 5) is 8.00. The van der Waals surface area contributed by atoms with Gasteiger partial charge < -0.3 is 11.5 Å². The normalized spacial score (nSPS) is 10.9. The third kappa shape index (κ3) is 3.17. The third-order valence-electron chi connectivity index (χ3n) is 3.94. The number of nitrogens with two attached hydrogens (primary N) is 2. The fraction of sp³-hybridized carbons (Fsp3) is 0.222. The van der Waals surface area contributed by atoms with E-state index < -0.39 is 0 Å². The van der Waals surface area contributed by atoms with Crippen LogP contribution < -0.4 is 11.5 Å². The molecule has 1 aromatic heterocycles. The van der Waals surface area contributed by atoms with Gasteiger partial charge in [0.2, 0.25) is 5.95 Å². The zero-order chi connectivity index (χ0) is 15.4. The summed E-state index contributed by atoms with van der Waals surface area (Å²) >= 11 is 0. The lowest BCUT2D eigenvalue weighted by atomic mass is 9.99. The van der Waals surface area contributed by atoms with E-state index >= 15 is 0 Å². The van der Waals surface area contributed by atoms with Crippen LogP contribution in [0.15, 0.2) is 48.7 Å². The molecule has 0 aliphatic rings. The number of aromatic nitrogens is 2. The minimum absolute atomic E-state index is 0.233. The predicted molar refractivity (Wildman–Crippen MR) is 91.4 cm³/mol. The molecular weight excluding hydrogens is 272 g/mol. The van der Waals surface area contributed by atoms with Gasteiger partial charge in [-0.1, -0.05) is 42.5 Å². The highest BCUT2D eigenvalue weighted by Crippen LogP contribution is 2.21. The van der Waals surface area contributed by atoms with Crippen LogP contribution in [0.5, 0.6) is 0 Å². The van der Waals surface area contributed by atoms with Crippen LogP contribution in [0, 0.1) is 0 Å². The van der Waals surface area contributed by atoms with Crippen LogP contribution in [-0.2, 0) is 12.8 Å². The molecule has 0 amide bonds. The Morgan fingerprint density at radius 1 is 0.818 bits per heavy atom. The Morgan fingerprint density at radius 3 is 2.36 bits per heavy atom. The highest BCUT2D eigenvalue weighted by Gasteiger charge is 2.04. The molecule has 2 aromatic carbocycles. The molecule has 4 heteroatoms. The Hall–Kier alpha value is -2.62. The molecule has 0 radical (unpaired) electrons. The number of nitrogen functional groups attached to an aromatic ring is 2. The second-order valence-electron chi connectivity index (χ2n) is 5.48. The molecule has 0 bridgehead atoms. The van der Waals surface area contributed by atoms with E-state index in [4.69, 9.17) is 11.5 Å². The number of aryl methyl sites for hydroxylation is 2. The Morgan fingerprint density at radius 2 is 1.55 bits per heavy atom. The Kier molecular flexibility index (Phi) is 4.19. The molecule has 0 fully saturated rings. The molecular formula is C18H20N4. The number of fused-ring (bicyclic) bond motifs is 1. The smallest absolute Gasteiger partial charge is 0.221 e. The van der Waals surface area contributed by atoms with Crippen molar-refractivity contribution >= 4 is 22.5 Å². The molecule has 0 aliphatic carbocycles. The van der Waals surface area contributed by atoms with Crippen molar-refractivity contribution in [2.24, 2.45) is 0 Å². The summed E-state index contributed by atoms with van der Waals surface area (Å²) < 4.78 is 0. The lowest BCUT2D eigenvalue weighted by Crippen LogP contribution is -2.03. The molecule has 4 N–H and O–H groups in total. The van der Waals surface area contributed by atoms with Crippen molar-refractivity contribution in [2.45, 2.75) is 25.7 Å². The van der Waals surface area contributed by atoms with Crippen molar-refractivity contribution in [1.29, 1.82) is 0 Å². The summed E-state index contributed by atoms with van der Waals surface area (Å²) in [5.74, 6) is 0.731. The molecule has 3 aromatic rings. The highest BCUT2D eigenvalue weighted by atomic mass is 15.0. The summed E-state index contributed by atoms with van der Waals surface area (Å²) in [7, 11) is 0. The number of anilines is 2. The molecule has 112 valence electrons. The lowest BCUT2D eigenvalue weighted by Gasteiger charge is -2.07. The van der Waals surface area contributed by atoms with Crippen molar-refractivity contribution in [3.8, 4) is 0 Å². The predicted octanol–water partition coefficient (Wildman–Crippen LogP) is 3.36. The van der Waals surface area contributed by atoms with E-state index in [2.05, 4.69) is 52.4 Å². The van der Waals surface area contributed by atoms with Gasteiger partial charge in [0.25, 0.3) is 0 Å². The zero-order valence-corrected chi connectivity index (χ0v) is 12.5. The molecule has 0 aliphatic heterocycles. The maximum atomic E-state index is 5.86. The van der Waals surface area contributed by atoms with Gasteiger partial charge in [0.05, 0.1) is 0 Å². The Balaban J connectivity index is 1.61. The van der Waals surface area contributed by atoms with E-state index in [1.807, 2.05) is 0 Å². The molecule has 0 unspecified atom stereocenters. The second kappa shape index (κ2) is 6.43. The molecule has 0 atom stereocenters. The first-order chi connectivity index (χ1) is 10.7. The van der Waals surface area contributed by atoms with Gasteiger partial charge in [0.1, 0.15) is 5.82 Å². The monoisotopic (exact) mass is 292 g/mol. The fourth-order valence-corrected chi connectivity index (χ4v) is 2.77. The number of hydrogen-bond acceptors (Lipinski definition) is 4. The van der Waals surface area contributed by atoms with E-state index in [0.29, 0.717) is 5.82 Å². The van der Waals surface area contributed by atoms with Crippen LogP contribution in [0.1, 0.15) is 24.0 Å². The van der Waals surface area contributed by atoms with E-state index in [9.17, 15) is 0 Å². The average Bonchev–Trinajstić information content (AvgIpc) is 2.53. The van der Waals surface area contributed by atoms with Crippen LogP contribution in [0.25, 0.3) is 10.8 Å². The largest absolute Gasteiger partial charge is 0.383 e. The van der Waals surface area contributed by atoms with Crippen molar-refractivity contribution in [1.82, 2.24) is 9.97 Å². The molecule has 22 heavy (non-hydrogen) atoms. The number of unbranched alkanes of at least 4 members (excludes halogenated alkanes) is 1. The van der Waals surface area contributed by atoms with E-state index in [-0.39, 0.29) is 5.95 Å². The maximum Gasteiger partial charge on any atom is 0.221 e. The first-order valence-corrected chi connectivity index (χ1v) is 7.57. The number of hydrogen-bond donors (Lipinski definition) is 2. The van der Waals surface area contributed by atoms with Crippen LogP contribution in [0.3, 0.4) is 0 Å². The number of nitrogens with zero attached hydrogens (tertiary/aromatic N) is 2. The molecule has 0 saturated carbocycles. The van der Waals surface area contributed by atoms with Crippen LogP contribution in [0.4, 0.5) is 11.8 Å². The summed E-state index contributed by atoms with van der Waals surface area (Å²) in [5.41, 5.74) is 13.7. The van der Waals surface area contributed by atoms with Crippen LogP contribution in [-0.4, -0.2) is 9.97 Å². The summed E-state index contributed by atoms with van der Waals surface area (Å²) in [5, 5.41) is 2.65. The van der Waals surface area contributed by atoms with Gasteiger partial charge in [-0.2, -0.15) is 4.98 Å². The first-order valence-electron chi connectivity index (χ1n) is 7.57. The summed E-state index contributed by atoms with van der Waals surface area (Å²) in [6, 6.07) is 15.0. The van der Waals surface area contributed by atoms with Gasteiger partial charge in [-0.25, -0.2) is 4.98 Å². The standard InChI is InChI=1S/C18H20N4/c19-17-15(12-21-18(20)22-17)8-2-1-6-13-9-5-10-14-7-3-4-11-16(13)14/h3-5,7,9-12H,1-2,6,8H2,(H4,19,20,21,22). The molecule has 4 nitrogen and oxygen atoms in total. The lowest BCUT2D eigenvalue weighted by molar-refractivity contribution is 0.734. The van der Waals surface area contributed by atoms with Crippen molar-refractivity contribution in [3.05, 3.63) is 59.8 Å². The zero-order valence-electron chi connectivity index (χ0n) is 12.5.